The molecule has 0 aliphatic rings. The van der Waals surface area contributed by atoms with Gasteiger partial charge in [-0.25, -0.2) is 0 Å². The van der Waals surface area contributed by atoms with E-state index < -0.39 is 5.91 Å². The lowest BCUT2D eigenvalue weighted by molar-refractivity contribution is -0.114. The first kappa shape index (κ1) is 11.8. The van der Waals surface area contributed by atoms with E-state index in [1.807, 2.05) is 0 Å². The summed E-state index contributed by atoms with van der Waals surface area (Å²) in [6.07, 6.45) is 2.64. The highest BCUT2D eigenvalue weighted by Gasteiger charge is 2.03. The van der Waals surface area contributed by atoms with E-state index in [9.17, 15) is 14.7 Å². The molecule has 84 valence electrons. The van der Waals surface area contributed by atoms with Crippen molar-refractivity contribution in [3.05, 3.63) is 29.8 Å². The summed E-state index contributed by atoms with van der Waals surface area (Å²) in [5.41, 5.74) is 5.97. The van der Waals surface area contributed by atoms with Crippen LogP contribution in [-0.4, -0.2) is 16.9 Å². The number of anilines is 1. The molecule has 4 N–H and O–H groups in total. The molecule has 0 unspecified atom stereocenters. The van der Waals surface area contributed by atoms with Gasteiger partial charge in [0, 0.05) is 19.1 Å². The minimum atomic E-state index is -0.582. The van der Waals surface area contributed by atoms with Crippen molar-refractivity contribution in [1.29, 1.82) is 0 Å². The Labute approximate surface area is 92.6 Å². The number of nitrogens with two attached hydrogens (primary N) is 1. The monoisotopic (exact) mass is 220 g/mol. The Kier molecular flexibility index (Phi) is 3.66. The van der Waals surface area contributed by atoms with E-state index in [1.165, 1.54) is 31.2 Å². The molecule has 0 spiro atoms. The van der Waals surface area contributed by atoms with Crippen LogP contribution in [0.2, 0.25) is 0 Å². The summed E-state index contributed by atoms with van der Waals surface area (Å²) >= 11 is 0. The van der Waals surface area contributed by atoms with E-state index in [-0.39, 0.29) is 11.7 Å². The number of nitrogens with one attached hydrogen (secondary N) is 1. The molecule has 0 aliphatic carbocycles. The van der Waals surface area contributed by atoms with Gasteiger partial charge < -0.3 is 16.2 Å². The fourth-order valence-electron chi connectivity index (χ4n) is 1.16. The molecule has 0 atom stereocenters. The summed E-state index contributed by atoms with van der Waals surface area (Å²) in [5, 5.41) is 11.8. The summed E-state index contributed by atoms with van der Waals surface area (Å²) in [6, 6.07) is 4.41. The van der Waals surface area contributed by atoms with Crippen LogP contribution in [0, 0.1) is 0 Å². The van der Waals surface area contributed by atoms with Crippen molar-refractivity contribution in [2.45, 2.75) is 6.92 Å². The van der Waals surface area contributed by atoms with Gasteiger partial charge in [0.2, 0.25) is 11.8 Å². The maximum Gasteiger partial charge on any atom is 0.241 e. The van der Waals surface area contributed by atoms with Crippen LogP contribution in [0.1, 0.15) is 12.5 Å². The SMILES string of the molecule is CC(=O)Nc1cc(O)ccc1/C=C/C(N)=O. The number of rotatable bonds is 3. The zero-order valence-electron chi connectivity index (χ0n) is 8.73. The van der Waals surface area contributed by atoms with E-state index in [0.717, 1.165) is 0 Å². The van der Waals surface area contributed by atoms with Gasteiger partial charge in [-0.1, -0.05) is 0 Å². The molecule has 0 heterocycles. The number of carbonyl (C=O) groups is 2. The Morgan fingerprint density at radius 1 is 1.44 bits per heavy atom. The molecule has 5 nitrogen and oxygen atoms in total. The van der Waals surface area contributed by atoms with E-state index in [1.54, 1.807) is 6.07 Å². The molecule has 1 rings (SSSR count). The van der Waals surface area contributed by atoms with Crippen molar-refractivity contribution in [2.75, 3.05) is 5.32 Å². The fraction of sp³-hybridized carbons (Fsp3) is 0.0909. The van der Waals surface area contributed by atoms with Gasteiger partial charge in [0.15, 0.2) is 0 Å². The Balaban J connectivity index is 3.06. The molecule has 0 radical (unpaired) electrons. The van der Waals surface area contributed by atoms with Gasteiger partial charge in [-0.3, -0.25) is 9.59 Å². The van der Waals surface area contributed by atoms with Crippen LogP contribution in [0.4, 0.5) is 5.69 Å². The van der Waals surface area contributed by atoms with Crippen molar-refractivity contribution in [2.24, 2.45) is 5.73 Å². The molecule has 5 heteroatoms. The summed E-state index contributed by atoms with van der Waals surface area (Å²) in [4.78, 5) is 21.5. The minimum absolute atomic E-state index is 0.0278. The topological polar surface area (TPSA) is 92.4 Å². The molecular weight excluding hydrogens is 208 g/mol. The number of hydrogen-bond donors (Lipinski definition) is 3. The zero-order valence-corrected chi connectivity index (χ0v) is 8.73. The largest absolute Gasteiger partial charge is 0.508 e. The third-order valence-corrected chi connectivity index (χ3v) is 1.77. The molecule has 0 fully saturated rings. The quantitative estimate of drug-likeness (QED) is 0.659. The van der Waals surface area contributed by atoms with Gasteiger partial charge in [-0.15, -0.1) is 0 Å². The number of benzene rings is 1. The zero-order chi connectivity index (χ0) is 12.1. The second-order valence-corrected chi connectivity index (χ2v) is 3.19. The summed E-state index contributed by atoms with van der Waals surface area (Å²) in [5.74, 6) is -0.818. The average Bonchev–Trinajstić information content (AvgIpc) is 2.15. The Morgan fingerprint density at radius 3 is 2.69 bits per heavy atom. The van der Waals surface area contributed by atoms with Crippen molar-refractivity contribution in [3.63, 3.8) is 0 Å². The standard InChI is InChI=1S/C11H12N2O3/c1-7(14)13-10-6-9(15)4-2-8(10)3-5-11(12)16/h2-6,15H,1H3,(H2,12,16)(H,13,14)/b5-3+. The first-order valence-corrected chi connectivity index (χ1v) is 4.57. The number of hydrogen-bond acceptors (Lipinski definition) is 3. The Bertz CT molecular complexity index is 453. The highest BCUT2D eigenvalue weighted by molar-refractivity contribution is 5.94. The molecule has 1 aromatic carbocycles. The van der Waals surface area contributed by atoms with Gasteiger partial charge in [0.1, 0.15) is 5.75 Å². The first-order valence-electron chi connectivity index (χ1n) is 4.57. The third kappa shape index (κ3) is 3.45. The van der Waals surface area contributed by atoms with Crippen molar-refractivity contribution in [1.82, 2.24) is 0 Å². The lowest BCUT2D eigenvalue weighted by Crippen LogP contribution is -2.08. The number of phenols is 1. The highest BCUT2D eigenvalue weighted by Crippen LogP contribution is 2.22. The average molecular weight is 220 g/mol. The van der Waals surface area contributed by atoms with E-state index >= 15 is 0 Å². The molecule has 0 saturated carbocycles. The molecule has 16 heavy (non-hydrogen) atoms. The van der Waals surface area contributed by atoms with Gasteiger partial charge in [-0.05, 0) is 23.8 Å². The summed E-state index contributed by atoms with van der Waals surface area (Å²) < 4.78 is 0. The predicted octanol–water partition coefficient (Wildman–Crippen LogP) is 0.849. The van der Waals surface area contributed by atoms with Crippen LogP contribution >= 0.6 is 0 Å². The predicted molar refractivity (Wildman–Crippen MR) is 60.6 cm³/mol. The third-order valence-electron chi connectivity index (χ3n) is 1.77. The van der Waals surface area contributed by atoms with Gasteiger partial charge in [-0.2, -0.15) is 0 Å². The molecule has 0 saturated heterocycles. The van der Waals surface area contributed by atoms with Gasteiger partial charge >= 0.3 is 0 Å². The number of carbonyl (C=O) groups excluding carboxylic acids is 2. The fourth-order valence-corrected chi connectivity index (χ4v) is 1.16. The lowest BCUT2D eigenvalue weighted by atomic mass is 10.1. The second-order valence-electron chi connectivity index (χ2n) is 3.19. The number of phenolic OH excluding ortho intramolecular Hbond substituents is 1. The lowest BCUT2D eigenvalue weighted by Gasteiger charge is -2.06. The number of aromatic hydroxyl groups is 1. The maximum atomic E-state index is 10.9. The van der Waals surface area contributed by atoms with Crippen LogP contribution < -0.4 is 11.1 Å². The van der Waals surface area contributed by atoms with Crippen LogP contribution in [0.5, 0.6) is 5.75 Å². The van der Waals surface area contributed by atoms with Crippen LogP contribution in [0.15, 0.2) is 24.3 Å². The summed E-state index contributed by atoms with van der Waals surface area (Å²) in [6.45, 7) is 1.35. The second kappa shape index (κ2) is 4.97. The Hall–Kier alpha value is -2.30. The van der Waals surface area contributed by atoms with E-state index in [4.69, 9.17) is 5.73 Å². The number of primary amides is 1. The van der Waals surface area contributed by atoms with Crippen LogP contribution in [0.25, 0.3) is 6.08 Å². The van der Waals surface area contributed by atoms with Crippen molar-refractivity contribution in [3.8, 4) is 5.75 Å². The van der Waals surface area contributed by atoms with Crippen LogP contribution in [-0.2, 0) is 9.59 Å². The van der Waals surface area contributed by atoms with Gasteiger partial charge in [0.05, 0.1) is 5.69 Å². The Morgan fingerprint density at radius 2 is 2.12 bits per heavy atom. The van der Waals surface area contributed by atoms with Crippen LogP contribution in [0.3, 0.4) is 0 Å². The normalized spacial score (nSPS) is 10.3. The summed E-state index contributed by atoms with van der Waals surface area (Å²) in [7, 11) is 0. The molecule has 0 aliphatic heterocycles. The van der Waals surface area contributed by atoms with Crippen molar-refractivity contribution >= 4 is 23.6 Å². The molecular formula is C11H12N2O3. The molecule has 2 amide bonds. The molecule has 0 bridgehead atoms. The first-order chi connectivity index (χ1) is 7.49. The van der Waals surface area contributed by atoms with E-state index in [0.29, 0.717) is 11.3 Å². The maximum absolute atomic E-state index is 10.9. The smallest absolute Gasteiger partial charge is 0.241 e. The van der Waals surface area contributed by atoms with Gasteiger partial charge in [0.25, 0.3) is 0 Å². The molecule has 0 aromatic heterocycles. The van der Waals surface area contributed by atoms with Crippen molar-refractivity contribution < 1.29 is 14.7 Å². The molecule has 1 aromatic rings. The minimum Gasteiger partial charge on any atom is -0.508 e. The highest BCUT2D eigenvalue weighted by atomic mass is 16.3. The number of amides is 2. The van der Waals surface area contributed by atoms with E-state index in [2.05, 4.69) is 5.32 Å².